The molecule has 4 aromatic heterocycles. The van der Waals surface area contributed by atoms with E-state index in [9.17, 15) is 4.79 Å². The smallest absolute Gasteiger partial charge is 0.320 e. The Morgan fingerprint density at radius 3 is 2.88 bits per heavy atom. The molecule has 4 aromatic rings. The van der Waals surface area contributed by atoms with E-state index in [4.69, 9.17) is 0 Å². The zero-order valence-electron chi connectivity index (χ0n) is 13.9. The summed E-state index contributed by atoms with van der Waals surface area (Å²) >= 11 is 0. The molecule has 0 saturated carbocycles. The second kappa shape index (κ2) is 6.63. The predicted octanol–water partition coefficient (Wildman–Crippen LogP) is 2.37. The minimum Gasteiger partial charge on any atom is -0.332 e. The monoisotopic (exact) mass is 348 g/mol. The third-order valence-corrected chi connectivity index (χ3v) is 3.86. The maximum absolute atomic E-state index is 12.0. The molecule has 9 nitrogen and oxygen atoms in total. The van der Waals surface area contributed by atoms with Gasteiger partial charge in [0.2, 0.25) is 0 Å². The van der Waals surface area contributed by atoms with Gasteiger partial charge in [-0.25, -0.2) is 9.78 Å². The van der Waals surface area contributed by atoms with E-state index >= 15 is 0 Å². The molecule has 2 amide bonds. The highest BCUT2D eigenvalue weighted by molar-refractivity contribution is 5.95. The second-order valence-corrected chi connectivity index (χ2v) is 5.76. The molecule has 0 aliphatic heterocycles. The largest absolute Gasteiger partial charge is 0.332 e. The van der Waals surface area contributed by atoms with Crippen molar-refractivity contribution in [2.75, 3.05) is 5.32 Å². The van der Waals surface area contributed by atoms with Crippen LogP contribution < -0.4 is 10.6 Å². The summed E-state index contributed by atoms with van der Waals surface area (Å²) in [5.74, 6) is 0.431. The van der Waals surface area contributed by atoms with Gasteiger partial charge in [-0.05, 0) is 25.1 Å². The average Bonchev–Trinajstić information content (AvgIpc) is 3.29. The first kappa shape index (κ1) is 15.8. The highest BCUT2D eigenvalue weighted by Gasteiger charge is 2.11. The van der Waals surface area contributed by atoms with Crippen LogP contribution in [-0.2, 0) is 6.54 Å². The van der Waals surface area contributed by atoms with Crippen LogP contribution in [0.2, 0.25) is 0 Å². The van der Waals surface area contributed by atoms with Gasteiger partial charge >= 0.3 is 6.03 Å². The number of carbonyl (C=O) groups excluding carboxylic acids is 1. The average molecular weight is 348 g/mol. The Morgan fingerprint density at radius 1 is 1.15 bits per heavy atom. The van der Waals surface area contributed by atoms with Gasteiger partial charge in [-0.1, -0.05) is 0 Å². The molecule has 4 N–H and O–H groups in total. The van der Waals surface area contributed by atoms with Gasteiger partial charge in [0.05, 0.1) is 17.8 Å². The summed E-state index contributed by atoms with van der Waals surface area (Å²) in [5, 5.41) is 20.2. The Hall–Kier alpha value is -3.75. The van der Waals surface area contributed by atoms with Crippen molar-refractivity contribution in [1.82, 2.24) is 35.7 Å². The third-order valence-electron chi connectivity index (χ3n) is 3.86. The predicted molar refractivity (Wildman–Crippen MR) is 96.3 cm³/mol. The summed E-state index contributed by atoms with van der Waals surface area (Å²) in [6.45, 7) is 2.28. The molecular weight excluding hydrogens is 332 g/mol. The van der Waals surface area contributed by atoms with Crippen molar-refractivity contribution in [3.8, 4) is 11.3 Å². The van der Waals surface area contributed by atoms with E-state index < -0.39 is 0 Å². The molecule has 0 unspecified atom stereocenters. The van der Waals surface area contributed by atoms with Crippen LogP contribution in [0.4, 0.5) is 10.6 Å². The van der Waals surface area contributed by atoms with Gasteiger partial charge in [0.15, 0.2) is 0 Å². The molecular formula is C17H16N8O. The van der Waals surface area contributed by atoms with Crippen molar-refractivity contribution in [3.63, 3.8) is 0 Å². The van der Waals surface area contributed by atoms with Crippen molar-refractivity contribution >= 4 is 22.8 Å². The molecule has 0 atom stereocenters. The number of pyridine rings is 2. The van der Waals surface area contributed by atoms with E-state index in [0.29, 0.717) is 12.4 Å². The zero-order chi connectivity index (χ0) is 17.9. The molecule has 0 bridgehead atoms. The Morgan fingerprint density at radius 2 is 2.08 bits per heavy atom. The highest BCUT2D eigenvalue weighted by Crippen LogP contribution is 2.26. The van der Waals surface area contributed by atoms with Crippen molar-refractivity contribution in [2.45, 2.75) is 13.5 Å². The van der Waals surface area contributed by atoms with E-state index in [0.717, 1.165) is 33.5 Å². The Bertz CT molecular complexity index is 1050. The van der Waals surface area contributed by atoms with Crippen LogP contribution in [0.1, 0.15) is 11.4 Å². The van der Waals surface area contributed by atoms with Gasteiger partial charge in [-0.2, -0.15) is 10.2 Å². The van der Waals surface area contributed by atoms with Gasteiger partial charge < -0.3 is 5.32 Å². The number of rotatable bonds is 4. The fraction of sp³-hybridized carbons (Fsp3) is 0.118. The molecule has 4 heterocycles. The molecule has 0 aliphatic rings. The lowest BCUT2D eigenvalue weighted by Gasteiger charge is -2.06. The summed E-state index contributed by atoms with van der Waals surface area (Å²) in [4.78, 5) is 20.5. The molecule has 130 valence electrons. The first-order chi connectivity index (χ1) is 12.7. The van der Waals surface area contributed by atoms with Crippen LogP contribution in [0.25, 0.3) is 22.2 Å². The van der Waals surface area contributed by atoms with Gasteiger partial charge in [0.25, 0.3) is 0 Å². The van der Waals surface area contributed by atoms with Gasteiger partial charge in [0, 0.05) is 41.3 Å². The van der Waals surface area contributed by atoms with E-state index in [2.05, 4.69) is 41.0 Å². The van der Waals surface area contributed by atoms with Crippen LogP contribution >= 0.6 is 0 Å². The zero-order valence-corrected chi connectivity index (χ0v) is 13.9. The van der Waals surface area contributed by atoms with Crippen molar-refractivity contribution in [2.24, 2.45) is 0 Å². The lowest BCUT2D eigenvalue weighted by molar-refractivity contribution is 0.251. The minimum absolute atomic E-state index is 0.351. The molecule has 0 saturated heterocycles. The molecule has 0 spiro atoms. The maximum Gasteiger partial charge on any atom is 0.320 e. The Balaban J connectivity index is 1.50. The number of fused-ring (bicyclic) bond motifs is 1. The van der Waals surface area contributed by atoms with Gasteiger partial charge in [-0.15, -0.1) is 0 Å². The van der Waals surface area contributed by atoms with Crippen LogP contribution in [0, 0.1) is 6.92 Å². The van der Waals surface area contributed by atoms with Crippen molar-refractivity contribution in [3.05, 3.63) is 54.2 Å². The fourth-order valence-electron chi connectivity index (χ4n) is 2.61. The number of H-pyrrole nitrogens is 2. The summed E-state index contributed by atoms with van der Waals surface area (Å²) in [6.07, 6.45) is 5.07. The van der Waals surface area contributed by atoms with Crippen LogP contribution in [0.5, 0.6) is 0 Å². The van der Waals surface area contributed by atoms with E-state index in [1.54, 1.807) is 30.7 Å². The number of hydrogen-bond acceptors (Lipinski definition) is 5. The SMILES string of the molecule is Cc1cc(-c2n[nH]c3cc(NC(=O)NCc4ccn[nH]4)ncc23)ccn1. The van der Waals surface area contributed by atoms with Crippen molar-refractivity contribution in [1.29, 1.82) is 0 Å². The summed E-state index contributed by atoms with van der Waals surface area (Å²) < 4.78 is 0. The lowest BCUT2D eigenvalue weighted by Crippen LogP contribution is -2.28. The van der Waals surface area contributed by atoms with Crippen LogP contribution in [0.3, 0.4) is 0 Å². The van der Waals surface area contributed by atoms with Crippen molar-refractivity contribution < 1.29 is 4.79 Å². The highest BCUT2D eigenvalue weighted by atomic mass is 16.2. The molecule has 9 heteroatoms. The standard InChI is InChI=1S/C17H16N8O/c1-10-6-11(2-4-18-10)16-13-9-19-15(7-14(13)24-25-16)22-17(26)20-8-12-3-5-21-23-12/h2-7,9H,8H2,1H3,(H,21,23)(H,24,25)(H2,19,20,22,26). The number of carbonyl (C=O) groups is 1. The number of amides is 2. The first-order valence-corrected chi connectivity index (χ1v) is 7.99. The lowest BCUT2D eigenvalue weighted by atomic mass is 10.1. The van der Waals surface area contributed by atoms with Gasteiger partial charge in [0.1, 0.15) is 11.5 Å². The number of nitrogens with zero attached hydrogens (tertiary/aromatic N) is 4. The number of aromatic amines is 2. The fourth-order valence-corrected chi connectivity index (χ4v) is 2.61. The number of anilines is 1. The number of aryl methyl sites for hydroxylation is 1. The molecule has 0 aliphatic carbocycles. The van der Waals surface area contributed by atoms with E-state index in [1.807, 2.05) is 19.1 Å². The quantitative estimate of drug-likeness (QED) is 0.451. The summed E-state index contributed by atoms with van der Waals surface area (Å²) in [5.41, 5.74) is 4.28. The minimum atomic E-state index is -0.351. The first-order valence-electron chi connectivity index (χ1n) is 7.99. The number of nitrogens with one attached hydrogen (secondary N) is 4. The normalized spacial score (nSPS) is 10.8. The Kier molecular flexibility index (Phi) is 4.02. The van der Waals surface area contributed by atoms with E-state index in [-0.39, 0.29) is 6.03 Å². The van der Waals surface area contributed by atoms with E-state index in [1.165, 1.54) is 0 Å². The summed E-state index contributed by atoms with van der Waals surface area (Å²) in [7, 11) is 0. The number of urea groups is 1. The molecule has 4 rings (SSSR count). The molecule has 0 aromatic carbocycles. The summed E-state index contributed by atoms with van der Waals surface area (Å²) in [6, 6.07) is 7.05. The van der Waals surface area contributed by atoms with Gasteiger partial charge in [-0.3, -0.25) is 20.5 Å². The molecule has 0 radical (unpaired) electrons. The molecule has 26 heavy (non-hydrogen) atoms. The molecule has 0 fully saturated rings. The number of hydrogen-bond donors (Lipinski definition) is 4. The third kappa shape index (κ3) is 3.22. The van der Waals surface area contributed by atoms with Crippen LogP contribution in [-0.4, -0.2) is 36.4 Å². The van der Waals surface area contributed by atoms with Crippen LogP contribution in [0.15, 0.2) is 42.9 Å². The second-order valence-electron chi connectivity index (χ2n) is 5.76. The number of aromatic nitrogens is 6. The topological polar surface area (TPSA) is 124 Å². The Labute approximate surface area is 148 Å². The maximum atomic E-state index is 12.0.